The summed E-state index contributed by atoms with van der Waals surface area (Å²) in [7, 11) is 12.4. The molecular formula is C56H92N4O16. The maximum absolute atomic E-state index is 14.6. The molecule has 18 atom stereocenters. The number of carboxylic acids is 1. The van der Waals surface area contributed by atoms with Crippen molar-refractivity contribution >= 4 is 28.6 Å². The van der Waals surface area contributed by atoms with E-state index in [-0.39, 0.29) is 42.8 Å². The minimum atomic E-state index is -2.00. The number of carbonyl (C=O) groups excluding carboxylic acids is 2. The third-order valence-corrected chi connectivity index (χ3v) is 16.7. The summed E-state index contributed by atoms with van der Waals surface area (Å²) in [6.07, 6.45) is -5.71. The van der Waals surface area contributed by atoms with Crippen LogP contribution in [-0.4, -0.2) is 206 Å². The molecule has 5 rings (SSSR count). The summed E-state index contributed by atoms with van der Waals surface area (Å²) in [4.78, 5) is 57.9. The van der Waals surface area contributed by atoms with E-state index >= 15 is 0 Å². The first-order valence-electron chi connectivity index (χ1n) is 27.1. The van der Waals surface area contributed by atoms with E-state index in [2.05, 4.69) is 4.90 Å². The molecule has 0 spiro atoms. The molecule has 2 aromatic rings. The first-order valence-corrected chi connectivity index (χ1v) is 27.1. The second-order valence-electron chi connectivity index (χ2n) is 23.1. The highest BCUT2D eigenvalue weighted by molar-refractivity contribution is 5.93. The molecular weight excluding hydrogens is 985 g/mol. The summed E-state index contributed by atoms with van der Waals surface area (Å²) >= 11 is 0. The van der Waals surface area contributed by atoms with Gasteiger partial charge in [0.15, 0.2) is 12.6 Å². The molecule has 0 amide bonds. The molecule has 1 aromatic heterocycles. The van der Waals surface area contributed by atoms with Gasteiger partial charge in [-0.05, 0) is 119 Å². The average molecular weight is 1080 g/mol. The minimum absolute atomic E-state index is 0.0869. The van der Waals surface area contributed by atoms with Gasteiger partial charge in [0.1, 0.15) is 35.3 Å². The zero-order valence-corrected chi connectivity index (χ0v) is 48.3. The Kier molecular flexibility index (Phi) is 21.7. The molecule has 3 aliphatic rings. The van der Waals surface area contributed by atoms with Gasteiger partial charge in [-0.25, -0.2) is 4.79 Å². The van der Waals surface area contributed by atoms with E-state index < -0.39 is 113 Å². The quantitative estimate of drug-likeness (QED) is 0.153. The van der Waals surface area contributed by atoms with Crippen LogP contribution in [-0.2, 0) is 53.9 Å². The van der Waals surface area contributed by atoms with E-state index in [4.69, 9.17) is 37.9 Å². The number of aromatic nitrogens is 1. The summed E-state index contributed by atoms with van der Waals surface area (Å²) in [5.74, 6) is -5.91. The van der Waals surface area contributed by atoms with Crippen LogP contribution in [0.5, 0.6) is 0 Å². The number of aliphatic hydroxyl groups excluding tert-OH is 2. The Morgan fingerprint density at radius 2 is 1.51 bits per heavy atom. The van der Waals surface area contributed by atoms with Crippen molar-refractivity contribution in [1.29, 1.82) is 0 Å². The fraction of sp³-hybridized carbons (Fsp3) is 0.786. The molecule has 3 fully saturated rings. The number of benzene rings is 1. The number of ketones is 1. The van der Waals surface area contributed by atoms with E-state index in [9.17, 15) is 39.6 Å². The molecule has 20 heteroatoms. The number of carboxylic acid groups (broad SMARTS) is 1. The number of carbonyl (C=O) groups is 3. The third kappa shape index (κ3) is 14.0. The summed E-state index contributed by atoms with van der Waals surface area (Å²) in [5, 5.41) is 47.1. The fourth-order valence-corrected chi connectivity index (χ4v) is 11.9. The van der Waals surface area contributed by atoms with Gasteiger partial charge in [0.25, 0.3) is 0 Å². The number of fused-ring (bicyclic) bond motifs is 1. The van der Waals surface area contributed by atoms with E-state index in [0.717, 1.165) is 12.0 Å². The number of esters is 1. The first-order chi connectivity index (χ1) is 35.5. The lowest BCUT2D eigenvalue weighted by Gasteiger charge is -2.50. The van der Waals surface area contributed by atoms with Gasteiger partial charge in [-0.15, -0.1) is 0 Å². The zero-order chi connectivity index (χ0) is 56.9. The van der Waals surface area contributed by atoms with Gasteiger partial charge in [-0.3, -0.25) is 19.1 Å². The number of aromatic carboxylic acids is 1. The first kappa shape index (κ1) is 63.2. The molecule has 0 saturated carbocycles. The van der Waals surface area contributed by atoms with E-state index in [0.29, 0.717) is 43.4 Å². The monoisotopic (exact) mass is 1080 g/mol. The summed E-state index contributed by atoms with van der Waals surface area (Å²) < 4.78 is 53.9. The lowest BCUT2D eigenvalue weighted by Crippen LogP contribution is -2.61. The largest absolute Gasteiger partial charge is 0.477 e. The van der Waals surface area contributed by atoms with Gasteiger partial charge >= 0.3 is 11.9 Å². The second-order valence-corrected chi connectivity index (χ2v) is 23.1. The third-order valence-electron chi connectivity index (χ3n) is 16.7. The summed E-state index contributed by atoms with van der Waals surface area (Å²) in [5.41, 5.74) is -3.51. The molecule has 0 bridgehead atoms. The standard InChI is InChI=1S/C56H92N4O16/c1-18-42-56(10,68)48(64)33(4)44(61)31(2)28-54(8,69-16)49(76-53-46(63)41(57(11)12)26-32(3)72-53)34(5)47(35(6)52(67)74-42)75-43-29-55(9,70-17)50(36(7)73-43)71-25-24-59(15)23-19-20-37-21-22-40-38(27-37)45(62)39(51(65)66)30-60(40)58(13)14/h21-22,27,30-36,41-43,46-50,53,63-64,68H,18-20,23-26,28-29H2,1-17H3,(H,65,66)/t31-,32+,33+,34+,35-,36+,41-,42-,43+,46+,47+,48-,49-,50+,53-,54-,55-,56-/m1/s1. The predicted molar refractivity (Wildman–Crippen MR) is 286 cm³/mol. The Morgan fingerprint density at radius 3 is 2.11 bits per heavy atom. The lowest BCUT2D eigenvalue weighted by atomic mass is 9.74. The van der Waals surface area contributed by atoms with Crippen LogP contribution in [0.4, 0.5) is 0 Å². The predicted octanol–water partition coefficient (Wildman–Crippen LogP) is 4.24. The number of Topliss-reactive ketones (excluding diaryl/α,β-unsaturated/α-hetero) is 1. The van der Waals surface area contributed by atoms with Crippen LogP contribution in [0, 0.1) is 23.7 Å². The number of nitrogens with zero attached hydrogens (tertiary/aromatic N) is 4. The molecule has 0 unspecified atom stereocenters. The Bertz CT molecular complexity index is 2330. The zero-order valence-electron chi connectivity index (χ0n) is 48.3. The van der Waals surface area contributed by atoms with Crippen LogP contribution in [0.25, 0.3) is 10.9 Å². The molecule has 20 nitrogen and oxygen atoms in total. The van der Waals surface area contributed by atoms with Crippen molar-refractivity contribution in [2.24, 2.45) is 23.7 Å². The van der Waals surface area contributed by atoms with Gasteiger partial charge in [0, 0.05) is 76.7 Å². The molecule has 4 N–H and O–H groups in total. The number of aryl methyl sites for hydroxylation is 1. The molecule has 76 heavy (non-hydrogen) atoms. The number of methoxy groups -OCH3 is 2. The number of hydrogen-bond donors (Lipinski definition) is 4. The highest BCUT2D eigenvalue weighted by Gasteiger charge is 2.54. The topological polar surface area (TPSA) is 238 Å². The lowest BCUT2D eigenvalue weighted by molar-refractivity contribution is -0.322. The van der Waals surface area contributed by atoms with E-state index in [1.165, 1.54) is 20.2 Å². The normalized spacial score (nSPS) is 37.3. The molecule has 0 aliphatic carbocycles. The fourth-order valence-electron chi connectivity index (χ4n) is 11.9. The van der Waals surface area contributed by atoms with Crippen LogP contribution in [0.3, 0.4) is 0 Å². The number of cyclic esters (lactones) is 1. The number of likely N-dealkylation sites (N-methyl/N-ethyl adjacent to an activating group) is 2. The number of aliphatic hydroxyl groups is 3. The number of hydrogen-bond acceptors (Lipinski definition) is 18. The van der Waals surface area contributed by atoms with Crippen molar-refractivity contribution in [3.63, 3.8) is 0 Å². The van der Waals surface area contributed by atoms with Crippen LogP contribution in [0.1, 0.15) is 117 Å². The molecule has 432 valence electrons. The SMILES string of the molecule is CC[C@H]1OC(=O)[C@H](C)[C@@H](O[C@H]2C[C@@](C)(OC)[C@@H](OCCN(C)CCCc3ccc4c(c3)c(=O)c(C(=O)O)cn4N(C)C)[C@H](C)O2)[C@H](C)[C@@H](O[C@H]2O[C@@H](C)C[C@@H](N(C)C)[C@@H]2O)[C@](C)(OC)C[C@@H](C)C(=O)[C@H](C)[C@@H](O)[C@]1(C)O. The van der Waals surface area contributed by atoms with Crippen molar-refractivity contribution in [2.45, 2.75) is 192 Å². The average Bonchev–Trinajstić information content (AvgIpc) is 3.36. The van der Waals surface area contributed by atoms with Crippen molar-refractivity contribution in [2.75, 3.05) is 74.2 Å². The highest BCUT2D eigenvalue weighted by atomic mass is 16.7. The van der Waals surface area contributed by atoms with Gasteiger partial charge in [0.05, 0.1) is 59.8 Å². The Hall–Kier alpha value is -3.64. The molecule has 1 aromatic carbocycles. The smallest absolute Gasteiger partial charge is 0.341 e. The maximum atomic E-state index is 14.6. The van der Waals surface area contributed by atoms with Crippen LogP contribution < -0.4 is 10.4 Å². The van der Waals surface area contributed by atoms with E-state index in [1.807, 2.05) is 72.8 Å². The Morgan fingerprint density at radius 1 is 0.868 bits per heavy atom. The Balaban J connectivity index is 1.38. The summed E-state index contributed by atoms with van der Waals surface area (Å²) in [6, 6.07) is 5.27. The van der Waals surface area contributed by atoms with Crippen molar-refractivity contribution in [1.82, 2.24) is 14.5 Å². The number of rotatable bonds is 18. The van der Waals surface area contributed by atoms with Crippen molar-refractivity contribution in [3.8, 4) is 0 Å². The Labute approximate surface area is 450 Å². The van der Waals surface area contributed by atoms with Crippen LogP contribution in [0.2, 0.25) is 0 Å². The molecule has 3 saturated heterocycles. The van der Waals surface area contributed by atoms with Gasteiger partial charge < -0.3 is 73.1 Å². The van der Waals surface area contributed by atoms with Gasteiger partial charge in [0.2, 0.25) is 5.43 Å². The number of pyridine rings is 1. The second kappa shape index (κ2) is 26.1. The number of ether oxygens (including phenoxy) is 8. The summed E-state index contributed by atoms with van der Waals surface area (Å²) in [6.45, 7) is 19.1. The van der Waals surface area contributed by atoms with Crippen LogP contribution >= 0.6 is 0 Å². The van der Waals surface area contributed by atoms with Crippen LogP contribution in [0.15, 0.2) is 29.2 Å². The van der Waals surface area contributed by atoms with E-state index in [1.54, 1.807) is 64.7 Å². The maximum Gasteiger partial charge on any atom is 0.341 e. The van der Waals surface area contributed by atoms with Gasteiger partial charge in [-0.1, -0.05) is 33.8 Å². The molecule has 3 aliphatic heterocycles. The van der Waals surface area contributed by atoms with Crippen molar-refractivity contribution < 1.29 is 72.7 Å². The minimum Gasteiger partial charge on any atom is -0.477 e. The molecule has 0 radical (unpaired) electrons. The molecule has 4 heterocycles. The van der Waals surface area contributed by atoms with Gasteiger partial charge in [-0.2, -0.15) is 0 Å². The van der Waals surface area contributed by atoms with Crippen molar-refractivity contribution in [3.05, 3.63) is 45.7 Å². The highest BCUT2D eigenvalue weighted by Crippen LogP contribution is 2.42.